The molecule has 1 aliphatic carbocycles. The first kappa shape index (κ1) is 25.6. The maximum atomic E-state index is 14.6. The molecule has 1 saturated carbocycles. The van der Waals surface area contributed by atoms with Crippen molar-refractivity contribution in [3.63, 3.8) is 0 Å². The first-order valence-electron chi connectivity index (χ1n) is 11.7. The smallest absolute Gasteiger partial charge is 0.257 e. The Morgan fingerprint density at radius 1 is 1.16 bits per heavy atom. The number of thiazole rings is 1. The Kier molecular flexibility index (Phi) is 6.73. The number of amides is 2. The monoisotopic (exact) mass is 549 g/mol. The van der Waals surface area contributed by atoms with E-state index in [4.69, 9.17) is 16.3 Å². The number of aromatic nitrogens is 2. The van der Waals surface area contributed by atoms with Crippen LogP contribution in [0.4, 0.5) is 15.2 Å². The van der Waals surface area contributed by atoms with Crippen LogP contribution in [0.1, 0.15) is 42.6 Å². The molecule has 2 aromatic heterocycles. The van der Waals surface area contributed by atoms with Crippen LogP contribution in [0.25, 0.3) is 10.3 Å². The number of nitriles is 1. The van der Waals surface area contributed by atoms with Crippen LogP contribution in [-0.2, 0) is 10.2 Å². The highest BCUT2D eigenvalue weighted by Crippen LogP contribution is 2.34. The molecule has 38 heavy (non-hydrogen) atoms. The van der Waals surface area contributed by atoms with Crippen molar-refractivity contribution >= 4 is 55.9 Å². The molecule has 0 aliphatic heterocycles. The summed E-state index contributed by atoms with van der Waals surface area (Å²) < 4.78 is 20.4. The first-order valence-corrected chi connectivity index (χ1v) is 12.9. The number of ether oxygens (including phenoxy) is 1. The lowest BCUT2D eigenvalue weighted by molar-refractivity contribution is -0.117. The Morgan fingerprint density at radius 3 is 2.68 bits per heavy atom. The van der Waals surface area contributed by atoms with Crippen molar-refractivity contribution in [3.05, 3.63) is 70.5 Å². The van der Waals surface area contributed by atoms with Crippen LogP contribution in [0.2, 0.25) is 5.02 Å². The molecule has 0 spiro atoms. The summed E-state index contributed by atoms with van der Waals surface area (Å²) in [5.41, 5.74) is 0.186. The number of nitrogens with one attached hydrogen (secondary N) is 2. The highest BCUT2D eigenvalue weighted by molar-refractivity contribution is 7.21. The Labute approximate surface area is 226 Å². The van der Waals surface area contributed by atoms with Gasteiger partial charge in [0.1, 0.15) is 21.9 Å². The van der Waals surface area contributed by atoms with Gasteiger partial charge in [-0.25, -0.2) is 14.4 Å². The summed E-state index contributed by atoms with van der Waals surface area (Å²) in [5.74, 6) is -0.802. The lowest BCUT2D eigenvalue weighted by atomic mass is 9.85. The van der Waals surface area contributed by atoms with E-state index in [1.807, 2.05) is 0 Å². The van der Waals surface area contributed by atoms with Crippen LogP contribution in [0, 0.1) is 23.1 Å². The van der Waals surface area contributed by atoms with Crippen molar-refractivity contribution in [2.75, 3.05) is 10.6 Å². The fourth-order valence-corrected chi connectivity index (χ4v) is 4.97. The van der Waals surface area contributed by atoms with E-state index < -0.39 is 17.1 Å². The van der Waals surface area contributed by atoms with Gasteiger partial charge in [0, 0.05) is 18.1 Å². The Morgan fingerprint density at radius 2 is 1.95 bits per heavy atom. The maximum absolute atomic E-state index is 14.6. The predicted octanol–water partition coefficient (Wildman–Crippen LogP) is 6.68. The summed E-state index contributed by atoms with van der Waals surface area (Å²) in [5, 5.41) is 15.4. The number of pyridine rings is 1. The van der Waals surface area contributed by atoms with E-state index in [0.29, 0.717) is 21.0 Å². The standard InChI is InChI=1S/C27H21ClFN5O3S/c1-27(2,13-30)17-5-3-4-16(22(17)28)24(36)31-20-12-15(8-9-18(20)29)37-21-11-10-19-25(33-21)38-26(32-19)34-23(35)14-6-7-14/h3-5,8-12,14H,6-7H2,1-2H3,(H,31,36)(H,32,34,35). The Hall–Kier alpha value is -4.07. The third-order valence-corrected chi connectivity index (χ3v) is 7.30. The molecule has 0 radical (unpaired) electrons. The van der Waals surface area contributed by atoms with Gasteiger partial charge in [-0.2, -0.15) is 5.26 Å². The summed E-state index contributed by atoms with van der Waals surface area (Å²) >= 11 is 7.67. The first-order chi connectivity index (χ1) is 18.1. The van der Waals surface area contributed by atoms with E-state index in [9.17, 15) is 19.2 Å². The van der Waals surface area contributed by atoms with Gasteiger partial charge in [-0.15, -0.1) is 0 Å². The number of carbonyl (C=O) groups is 2. The number of hydrogen-bond acceptors (Lipinski definition) is 7. The van der Waals surface area contributed by atoms with E-state index in [0.717, 1.165) is 12.8 Å². The minimum Gasteiger partial charge on any atom is -0.439 e. The summed E-state index contributed by atoms with van der Waals surface area (Å²) in [7, 11) is 0. The van der Waals surface area contributed by atoms with Crippen molar-refractivity contribution in [1.29, 1.82) is 5.26 Å². The minimum absolute atomic E-state index is 0.0387. The zero-order valence-electron chi connectivity index (χ0n) is 20.3. The van der Waals surface area contributed by atoms with Gasteiger partial charge in [-0.3, -0.25) is 9.59 Å². The fourth-order valence-electron chi connectivity index (χ4n) is 3.69. The molecule has 11 heteroatoms. The van der Waals surface area contributed by atoms with Gasteiger partial charge in [0.15, 0.2) is 5.13 Å². The van der Waals surface area contributed by atoms with Crippen LogP contribution in [0.15, 0.2) is 48.5 Å². The molecular weight excluding hydrogens is 529 g/mol. The lowest BCUT2D eigenvalue weighted by Crippen LogP contribution is -2.18. The number of anilines is 2. The number of fused-ring (bicyclic) bond motifs is 1. The molecule has 1 aliphatic rings. The fraction of sp³-hybridized carbons (Fsp3) is 0.222. The summed E-state index contributed by atoms with van der Waals surface area (Å²) in [6.07, 6.45) is 1.79. The number of nitrogens with zero attached hydrogens (tertiary/aromatic N) is 3. The normalized spacial score (nSPS) is 13.1. The topological polar surface area (TPSA) is 117 Å². The largest absolute Gasteiger partial charge is 0.439 e. The zero-order chi connectivity index (χ0) is 27.0. The van der Waals surface area contributed by atoms with Gasteiger partial charge in [-0.05, 0) is 56.5 Å². The number of hydrogen-bond donors (Lipinski definition) is 2. The average Bonchev–Trinajstić information content (AvgIpc) is 3.66. The highest BCUT2D eigenvalue weighted by atomic mass is 35.5. The number of carbonyl (C=O) groups excluding carboxylic acids is 2. The van der Waals surface area contributed by atoms with Crippen molar-refractivity contribution in [2.24, 2.45) is 5.92 Å². The molecular formula is C27H21ClFN5O3S. The van der Waals surface area contributed by atoms with Crippen molar-refractivity contribution in [2.45, 2.75) is 32.1 Å². The minimum atomic E-state index is -0.915. The van der Waals surface area contributed by atoms with Crippen LogP contribution in [-0.4, -0.2) is 21.8 Å². The molecule has 4 aromatic rings. The molecule has 5 rings (SSSR count). The summed E-state index contributed by atoms with van der Waals surface area (Å²) in [6, 6.07) is 14.2. The maximum Gasteiger partial charge on any atom is 0.257 e. The average molecular weight is 550 g/mol. The van der Waals surface area contributed by atoms with Crippen molar-refractivity contribution in [1.82, 2.24) is 9.97 Å². The van der Waals surface area contributed by atoms with Gasteiger partial charge < -0.3 is 15.4 Å². The van der Waals surface area contributed by atoms with E-state index in [2.05, 4.69) is 26.7 Å². The molecule has 8 nitrogen and oxygen atoms in total. The number of halogens is 2. The second-order valence-corrected chi connectivity index (χ2v) is 10.7. The second-order valence-electron chi connectivity index (χ2n) is 9.36. The van der Waals surface area contributed by atoms with Crippen LogP contribution >= 0.6 is 22.9 Å². The van der Waals surface area contributed by atoms with Gasteiger partial charge in [0.05, 0.1) is 27.8 Å². The molecule has 1 fully saturated rings. The molecule has 0 saturated heterocycles. The summed E-state index contributed by atoms with van der Waals surface area (Å²) in [6.45, 7) is 3.39. The third-order valence-electron chi connectivity index (χ3n) is 6.01. The van der Waals surface area contributed by atoms with E-state index in [1.165, 1.54) is 35.6 Å². The van der Waals surface area contributed by atoms with Crippen LogP contribution < -0.4 is 15.4 Å². The van der Waals surface area contributed by atoms with Gasteiger partial charge in [0.25, 0.3) is 5.91 Å². The van der Waals surface area contributed by atoms with Gasteiger partial charge in [-0.1, -0.05) is 35.1 Å². The van der Waals surface area contributed by atoms with E-state index in [-0.39, 0.29) is 39.7 Å². The predicted molar refractivity (Wildman–Crippen MR) is 143 cm³/mol. The molecule has 192 valence electrons. The quantitative estimate of drug-likeness (QED) is 0.265. The molecule has 0 atom stereocenters. The highest BCUT2D eigenvalue weighted by Gasteiger charge is 2.30. The van der Waals surface area contributed by atoms with Gasteiger partial charge >= 0.3 is 0 Å². The lowest BCUT2D eigenvalue weighted by Gasteiger charge is -2.19. The van der Waals surface area contributed by atoms with E-state index in [1.54, 1.807) is 38.1 Å². The molecule has 0 unspecified atom stereocenters. The molecule has 2 heterocycles. The number of benzene rings is 2. The molecule has 2 aromatic carbocycles. The van der Waals surface area contributed by atoms with E-state index >= 15 is 0 Å². The van der Waals surface area contributed by atoms with Crippen molar-refractivity contribution < 1.29 is 18.7 Å². The molecule has 2 amide bonds. The Bertz CT molecular complexity index is 1630. The van der Waals surface area contributed by atoms with Gasteiger partial charge in [0.2, 0.25) is 11.8 Å². The summed E-state index contributed by atoms with van der Waals surface area (Å²) in [4.78, 5) is 34.3. The number of rotatable bonds is 7. The van der Waals surface area contributed by atoms with Crippen LogP contribution in [0.5, 0.6) is 11.6 Å². The SMILES string of the molecule is CC(C)(C#N)c1cccc(C(=O)Nc2cc(Oc3ccc4nc(NC(=O)C5CC5)sc4n3)ccc2F)c1Cl. The Balaban J connectivity index is 1.34. The molecule has 2 N–H and O–H groups in total. The third kappa shape index (κ3) is 5.30. The van der Waals surface area contributed by atoms with Crippen LogP contribution in [0.3, 0.4) is 0 Å². The zero-order valence-corrected chi connectivity index (χ0v) is 21.9. The van der Waals surface area contributed by atoms with Crippen molar-refractivity contribution in [3.8, 4) is 17.7 Å². The second kappa shape index (κ2) is 10.0. The molecule has 0 bridgehead atoms.